The maximum atomic E-state index is 11.6. The van der Waals surface area contributed by atoms with Gasteiger partial charge >= 0.3 is 6.09 Å². The van der Waals surface area contributed by atoms with Gasteiger partial charge in [0.2, 0.25) is 0 Å². The molecule has 0 saturated carbocycles. The second-order valence-corrected chi connectivity index (χ2v) is 5.26. The molecule has 0 aliphatic carbocycles. The Morgan fingerprint density at radius 1 is 1.50 bits per heavy atom. The first-order valence-corrected chi connectivity index (χ1v) is 5.85. The normalized spacial score (nSPS) is 11.6. The Balaban J connectivity index is 2.20. The molecule has 0 spiro atoms. The van der Waals surface area contributed by atoms with E-state index in [1.54, 1.807) is 49.8 Å². The Labute approximate surface area is 110 Å². The van der Waals surface area contributed by atoms with Gasteiger partial charge < -0.3 is 9.14 Å². The van der Waals surface area contributed by atoms with Crippen LogP contribution in [0, 0.1) is 0 Å². The third kappa shape index (κ3) is 2.92. The molecular weight excluding hydrogens is 254 g/mol. The van der Waals surface area contributed by atoms with E-state index < -0.39 is 11.7 Å². The molecule has 2 aromatic rings. The highest BCUT2D eigenvalue weighted by Gasteiger charge is 2.17. The molecule has 5 nitrogen and oxygen atoms in total. The number of amides is 1. The van der Waals surface area contributed by atoms with E-state index in [9.17, 15) is 4.79 Å². The molecule has 18 heavy (non-hydrogen) atoms. The molecule has 0 radical (unpaired) electrons. The first-order chi connectivity index (χ1) is 8.35. The van der Waals surface area contributed by atoms with Gasteiger partial charge in [-0.25, -0.2) is 9.78 Å². The zero-order valence-corrected chi connectivity index (χ0v) is 11.2. The summed E-state index contributed by atoms with van der Waals surface area (Å²) in [6, 6.07) is 1.69. The van der Waals surface area contributed by atoms with Crippen molar-refractivity contribution in [3.8, 4) is 0 Å². The highest BCUT2D eigenvalue weighted by atomic mass is 35.5. The summed E-state index contributed by atoms with van der Waals surface area (Å²) < 4.78 is 6.92. The summed E-state index contributed by atoms with van der Waals surface area (Å²) in [5.41, 5.74) is 0.628. The lowest BCUT2D eigenvalue weighted by Gasteiger charge is -2.20. The summed E-state index contributed by atoms with van der Waals surface area (Å²) in [7, 11) is 0. The Morgan fingerprint density at radius 3 is 2.89 bits per heavy atom. The van der Waals surface area contributed by atoms with Crippen LogP contribution in [-0.2, 0) is 4.74 Å². The average Bonchev–Trinajstić information content (AvgIpc) is 2.62. The number of anilines is 1. The van der Waals surface area contributed by atoms with Crippen molar-refractivity contribution in [2.45, 2.75) is 26.4 Å². The molecule has 0 aromatic carbocycles. The van der Waals surface area contributed by atoms with Crippen LogP contribution < -0.4 is 5.32 Å². The molecule has 2 rings (SSSR count). The predicted molar refractivity (Wildman–Crippen MR) is 70.1 cm³/mol. The zero-order chi connectivity index (χ0) is 13.3. The minimum atomic E-state index is -0.548. The number of carbonyl (C=O) groups excluding carboxylic acids is 1. The molecule has 6 heteroatoms. The fraction of sp³-hybridized carbons (Fsp3) is 0.333. The average molecular weight is 268 g/mol. The monoisotopic (exact) mass is 267 g/mol. The molecule has 0 unspecified atom stereocenters. The van der Waals surface area contributed by atoms with Crippen LogP contribution in [0.5, 0.6) is 0 Å². The number of carbonyl (C=O) groups is 1. The van der Waals surface area contributed by atoms with Crippen molar-refractivity contribution in [3.05, 3.63) is 29.7 Å². The molecular formula is C12H14ClN3O2. The number of pyridine rings is 1. The van der Waals surface area contributed by atoms with Crippen LogP contribution in [0.4, 0.5) is 10.5 Å². The molecule has 0 bridgehead atoms. The predicted octanol–water partition coefficient (Wildman–Crippen LogP) is 3.33. The van der Waals surface area contributed by atoms with Gasteiger partial charge in [-0.3, -0.25) is 5.32 Å². The van der Waals surface area contributed by atoms with Crippen molar-refractivity contribution in [1.29, 1.82) is 0 Å². The van der Waals surface area contributed by atoms with E-state index in [4.69, 9.17) is 16.3 Å². The fourth-order valence-electron chi connectivity index (χ4n) is 1.44. The summed E-state index contributed by atoms with van der Waals surface area (Å²) in [6.07, 6.45) is 4.57. The van der Waals surface area contributed by atoms with Gasteiger partial charge in [0.1, 0.15) is 11.2 Å². The standard InChI is InChI=1S/C12H14ClN3O2/c1-12(2,3)18-11(17)15-9-6-10-14-4-5-16(10)7-8(9)13/h4-7H,1-3H3,(H,15,17). The number of halogens is 1. The van der Waals surface area contributed by atoms with Gasteiger partial charge in [-0.15, -0.1) is 0 Å². The second kappa shape index (κ2) is 4.49. The van der Waals surface area contributed by atoms with E-state index in [-0.39, 0.29) is 0 Å². The van der Waals surface area contributed by atoms with Crippen molar-refractivity contribution < 1.29 is 9.53 Å². The smallest absolute Gasteiger partial charge is 0.412 e. The highest BCUT2D eigenvalue weighted by Crippen LogP contribution is 2.23. The second-order valence-electron chi connectivity index (χ2n) is 4.85. The number of fused-ring (bicyclic) bond motifs is 1. The number of nitrogens with zero attached hydrogens (tertiary/aromatic N) is 2. The molecule has 0 fully saturated rings. The Kier molecular flexibility index (Phi) is 3.17. The third-order valence-corrected chi connectivity index (χ3v) is 2.42. The quantitative estimate of drug-likeness (QED) is 0.862. The van der Waals surface area contributed by atoms with Crippen LogP contribution in [0.15, 0.2) is 24.7 Å². The largest absolute Gasteiger partial charge is 0.444 e. The maximum Gasteiger partial charge on any atom is 0.412 e. The van der Waals surface area contributed by atoms with Crippen LogP contribution in [0.2, 0.25) is 5.02 Å². The van der Waals surface area contributed by atoms with E-state index in [1.165, 1.54) is 0 Å². The SMILES string of the molecule is CC(C)(C)OC(=O)Nc1cc2nccn2cc1Cl. The van der Waals surface area contributed by atoms with Crippen LogP contribution in [0.1, 0.15) is 20.8 Å². The summed E-state index contributed by atoms with van der Waals surface area (Å²) in [6.45, 7) is 5.39. The van der Waals surface area contributed by atoms with Gasteiger partial charge in [0.25, 0.3) is 0 Å². The van der Waals surface area contributed by atoms with Crippen molar-refractivity contribution in [2.75, 3.05) is 5.32 Å². The van der Waals surface area contributed by atoms with Crippen molar-refractivity contribution in [1.82, 2.24) is 9.38 Å². The maximum absolute atomic E-state index is 11.6. The van der Waals surface area contributed by atoms with Crippen molar-refractivity contribution >= 4 is 29.0 Å². The van der Waals surface area contributed by atoms with Gasteiger partial charge in [-0.1, -0.05) is 11.6 Å². The van der Waals surface area contributed by atoms with Crippen LogP contribution in [-0.4, -0.2) is 21.1 Å². The highest BCUT2D eigenvalue weighted by molar-refractivity contribution is 6.33. The number of hydrogen-bond acceptors (Lipinski definition) is 3. The minimum absolute atomic E-state index is 0.423. The van der Waals surface area contributed by atoms with Crippen molar-refractivity contribution in [2.24, 2.45) is 0 Å². The molecule has 2 aromatic heterocycles. The van der Waals surface area contributed by atoms with E-state index in [2.05, 4.69) is 10.3 Å². The minimum Gasteiger partial charge on any atom is -0.444 e. The van der Waals surface area contributed by atoms with Gasteiger partial charge in [-0.2, -0.15) is 0 Å². The topological polar surface area (TPSA) is 55.6 Å². The molecule has 1 N–H and O–H groups in total. The number of imidazole rings is 1. The summed E-state index contributed by atoms with van der Waals surface area (Å²) >= 11 is 6.06. The van der Waals surface area contributed by atoms with Gasteiger partial charge in [-0.05, 0) is 20.8 Å². The molecule has 0 saturated heterocycles. The number of nitrogens with one attached hydrogen (secondary N) is 1. The van der Waals surface area contributed by atoms with E-state index in [0.29, 0.717) is 16.4 Å². The van der Waals surface area contributed by atoms with Crippen LogP contribution in [0.25, 0.3) is 5.65 Å². The summed E-state index contributed by atoms with van der Waals surface area (Å²) in [4.78, 5) is 15.8. The van der Waals surface area contributed by atoms with E-state index >= 15 is 0 Å². The zero-order valence-electron chi connectivity index (χ0n) is 10.4. The lowest BCUT2D eigenvalue weighted by Crippen LogP contribution is -2.27. The molecule has 0 aliphatic heterocycles. The van der Waals surface area contributed by atoms with Gasteiger partial charge in [0.05, 0.1) is 10.7 Å². The lowest BCUT2D eigenvalue weighted by molar-refractivity contribution is 0.0636. The number of aromatic nitrogens is 2. The lowest BCUT2D eigenvalue weighted by atomic mass is 10.2. The molecule has 0 aliphatic rings. The van der Waals surface area contributed by atoms with Crippen LogP contribution in [0.3, 0.4) is 0 Å². The van der Waals surface area contributed by atoms with Crippen LogP contribution >= 0.6 is 11.6 Å². The molecule has 96 valence electrons. The van der Waals surface area contributed by atoms with E-state index in [0.717, 1.165) is 0 Å². The van der Waals surface area contributed by atoms with Gasteiger partial charge in [0, 0.05) is 24.7 Å². The van der Waals surface area contributed by atoms with E-state index in [1.807, 2.05) is 0 Å². The summed E-state index contributed by atoms with van der Waals surface area (Å²) in [5.74, 6) is 0. The van der Waals surface area contributed by atoms with Crippen molar-refractivity contribution in [3.63, 3.8) is 0 Å². The molecule has 1 amide bonds. The first kappa shape index (κ1) is 12.7. The third-order valence-electron chi connectivity index (χ3n) is 2.12. The Bertz CT molecular complexity index is 587. The fourth-order valence-corrected chi connectivity index (χ4v) is 1.65. The first-order valence-electron chi connectivity index (χ1n) is 5.47. The Morgan fingerprint density at radius 2 is 2.22 bits per heavy atom. The molecule has 0 atom stereocenters. The van der Waals surface area contributed by atoms with Gasteiger partial charge in [0.15, 0.2) is 0 Å². The Hall–Kier alpha value is -1.75. The number of rotatable bonds is 1. The summed E-state index contributed by atoms with van der Waals surface area (Å²) in [5, 5.41) is 3.02. The molecule has 2 heterocycles. The number of ether oxygens (including phenoxy) is 1. The number of hydrogen-bond donors (Lipinski definition) is 1.